The number of carbonyl (C=O) groups is 1. The molecule has 2 rings (SSSR count). The van der Waals surface area contributed by atoms with Gasteiger partial charge in [-0.2, -0.15) is 0 Å². The van der Waals surface area contributed by atoms with Crippen LogP contribution in [0, 0.1) is 0 Å². The van der Waals surface area contributed by atoms with Crippen molar-refractivity contribution in [2.45, 2.75) is 12.5 Å². The van der Waals surface area contributed by atoms with Crippen LogP contribution in [0.5, 0.6) is 0 Å². The summed E-state index contributed by atoms with van der Waals surface area (Å²) in [5.41, 5.74) is 7.77. The molecule has 1 amide bonds. The maximum atomic E-state index is 11.6. The van der Waals surface area contributed by atoms with Crippen molar-refractivity contribution in [2.75, 3.05) is 14.1 Å². The maximum Gasteiger partial charge on any atom is 0.417 e. The highest BCUT2D eigenvalue weighted by molar-refractivity contribution is 5.81. The van der Waals surface area contributed by atoms with E-state index in [9.17, 15) is 9.59 Å². The third-order valence-electron chi connectivity index (χ3n) is 2.70. The Bertz CT molecular complexity index is 627. The van der Waals surface area contributed by atoms with E-state index in [0.717, 1.165) is 5.56 Å². The Balaban J connectivity index is 2.21. The van der Waals surface area contributed by atoms with E-state index >= 15 is 0 Å². The van der Waals surface area contributed by atoms with Gasteiger partial charge in [-0.05, 0) is 24.1 Å². The monoisotopic (exact) mass is 249 g/mol. The van der Waals surface area contributed by atoms with Crippen LogP contribution in [0.3, 0.4) is 0 Å². The normalized spacial score (nSPS) is 12.6. The smallest absolute Gasteiger partial charge is 0.408 e. The lowest BCUT2D eigenvalue weighted by Crippen LogP contribution is -2.41. The van der Waals surface area contributed by atoms with Gasteiger partial charge in [0.1, 0.15) is 0 Å². The van der Waals surface area contributed by atoms with Gasteiger partial charge in [0.05, 0.1) is 11.6 Å². The first kappa shape index (κ1) is 12.4. The molecule has 0 saturated carbocycles. The highest BCUT2D eigenvalue weighted by atomic mass is 16.4. The summed E-state index contributed by atoms with van der Waals surface area (Å²) < 4.78 is 4.95. The molecule has 1 heterocycles. The van der Waals surface area contributed by atoms with Crippen LogP contribution < -0.4 is 11.5 Å². The fraction of sp³-hybridized carbons (Fsp3) is 0.333. The summed E-state index contributed by atoms with van der Waals surface area (Å²) in [7, 11) is 3.33. The van der Waals surface area contributed by atoms with Gasteiger partial charge in [-0.25, -0.2) is 4.79 Å². The fourth-order valence-corrected chi connectivity index (χ4v) is 1.79. The molecule has 0 aliphatic heterocycles. The van der Waals surface area contributed by atoms with Crippen molar-refractivity contribution >= 4 is 17.0 Å². The highest BCUT2D eigenvalue weighted by Gasteiger charge is 2.16. The summed E-state index contributed by atoms with van der Waals surface area (Å²) in [6.45, 7) is 0. The molecule has 0 aliphatic rings. The number of likely N-dealkylation sites (N-methyl/N-ethyl adjacent to an activating group) is 1. The van der Waals surface area contributed by atoms with E-state index in [1.54, 1.807) is 26.2 Å². The van der Waals surface area contributed by atoms with E-state index in [2.05, 4.69) is 4.98 Å². The second kappa shape index (κ2) is 4.66. The molecule has 0 bridgehead atoms. The van der Waals surface area contributed by atoms with E-state index in [-0.39, 0.29) is 5.91 Å². The number of nitrogens with one attached hydrogen (secondary N) is 1. The zero-order valence-corrected chi connectivity index (χ0v) is 10.3. The van der Waals surface area contributed by atoms with Crippen LogP contribution in [0.4, 0.5) is 0 Å². The third-order valence-corrected chi connectivity index (χ3v) is 2.70. The summed E-state index contributed by atoms with van der Waals surface area (Å²) in [5, 5.41) is 0. The number of nitrogens with zero attached hydrogens (tertiary/aromatic N) is 1. The van der Waals surface area contributed by atoms with Crippen LogP contribution in [-0.4, -0.2) is 35.9 Å². The van der Waals surface area contributed by atoms with E-state index in [4.69, 9.17) is 10.2 Å². The van der Waals surface area contributed by atoms with E-state index < -0.39 is 11.8 Å². The van der Waals surface area contributed by atoms with Gasteiger partial charge in [0, 0.05) is 14.1 Å². The number of hydrogen-bond acceptors (Lipinski definition) is 4. The number of nitrogens with two attached hydrogens (primary N) is 1. The zero-order chi connectivity index (χ0) is 13.3. The first-order valence-corrected chi connectivity index (χ1v) is 5.56. The van der Waals surface area contributed by atoms with Crippen LogP contribution in [0.1, 0.15) is 5.56 Å². The van der Waals surface area contributed by atoms with Crippen molar-refractivity contribution in [3.8, 4) is 0 Å². The Hall–Kier alpha value is -2.08. The standard InChI is InChI=1S/C12H15N3O3/c1-15(2)11(16)8(13)5-7-3-4-9-10(6-7)18-12(17)14-9/h3-4,6,8H,5,13H2,1-2H3,(H,14,17). The molecule has 1 aromatic heterocycles. The lowest BCUT2D eigenvalue weighted by molar-refractivity contribution is -0.130. The second-order valence-electron chi connectivity index (χ2n) is 4.39. The molecular formula is C12H15N3O3. The molecule has 3 N–H and O–H groups in total. The summed E-state index contributed by atoms with van der Waals surface area (Å²) >= 11 is 0. The van der Waals surface area contributed by atoms with Crippen molar-refractivity contribution in [1.29, 1.82) is 0 Å². The molecule has 96 valence electrons. The lowest BCUT2D eigenvalue weighted by atomic mass is 10.1. The molecule has 2 aromatic rings. The van der Waals surface area contributed by atoms with Gasteiger partial charge < -0.3 is 15.1 Å². The fourth-order valence-electron chi connectivity index (χ4n) is 1.79. The van der Waals surface area contributed by atoms with Gasteiger partial charge in [-0.3, -0.25) is 9.78 Å². The molecule has 0 radical (unpaired) electrons. The predicted molar refractivity (Wildman–Crippen MR) is 67.2 cm³/mol. The Labute approximate surface area is 103 Å². The molecular weight excluding hydrogens is 234 g/mol. The number of aromatic nitrogens is 1. The van der Waals surface area contributed by atoms with Gasteiger partial charge in [0.15, 0.2) is 5.58 Å². The molecule has 6 nitrogen and oxygen atoms in total. The SMILES string of the molecule is CN(C)C(=O)C(N)Cc1ccc2[nH]c(=O)oc2c1. The van der Waals surface area contributed by atoms with Gasteiger partial charge in [-0.1, -0.05) is 6.07 Å². The van der Waals surface area contributed by atoms with Gasteiger partial charge in [0.25, 0.3) is 0 Å². The molecule has 0 aliphatic carbocycles. The van der Waals surface area contributed by atoms with Crippen molar-refractivity contribution in [3.05, 3.63) is 34.3 Å². The predicted octanol–water partition coefficient (Wildman–Crippen LogP) is 0.0791. The summed E-state index contributed by atoms with van der Waals surface area (Å²) in [4.78, 5) is 26.7. The first-order valence-electron chi connectivity index (χ1n) is 5.56. The lowest BCUT2D eigenvalue weighted by Gasteiger charge is -2.16. The highest BCUT2D eigenvalue weighted by Crippen LogP contribution is 2.13. The number of benzene rings is 1. The number of H-pyrrole nitrogens is 1. The molecule has 6 heteroatoms. The van der Waals surface area contributed by atoms with E-state index in [1.807, 2.05) is 6.07 Å². The second-order valence-corrected chi connectivity index (χ2v) is 4.39. The van der Waals surface area contributed by atoms with Crippen molar-refractivity contribution in [1.82, 2.24) is 9.88 Å². The molecule has 1 unspecified atom stereocenters. The minimum Gasteiger partial charge on any atom is -0.408 e. The quantitative estimate of drug-likeness (QED) is 0.805. The number of hydrogen-bond donors (Lipinski definition) is 2. The Morgan fingerprint density at radius 1 is 1.50 bits per heavy atom. The molecule has 0 saturated heterocycles. The Kier molecular flexibility index (Phi) is 3.20. The van der Waals surface area contributed by atoms with E-state index in [0.29, 0.717) is 17.5 Å². The van der Waals surface area contributed by atoms with E-state index in [1.165, 1.54) is 4.90 Å². The topological polar surface area (TPSA) is 92.3 Å². The number of carbonyl (C=O) groups excluding carboxylic acids is 1. The number of oxazole rings is 1. The Morgan fingerprint density at radius 2 is 2.22 bits per heavy atom. The molecule has 1 aromatic carbocycles. The van der Waals surface area contributed by atoms with Crippen LogP contribution in [0.25, 0.3) is 11.1 Å². The number of amides is 1. The van der Waals surface area contributed by atoms with Gasteiger partial charge >= 0.3 is 5.76 Å². The summed E-state index contributed by atoms with van der Waals surface area (Å²) in [6, 6.07) is 4.68. The van der Waals surface area contributed by atoms with Crippen molar-refractivity contribution < 1.29 is 9.21 Å². The Morgan fingerprint density at radius 3 is 2.89 bits per heavy atom. The number of rotatable bonds is 3. The number of fused-ring (bicyclic) bond motifs is 1. The molecule has 0 spiro atoms. The van der Waals surface area contributed by atoms with Gasteiger partial charge in [0.2, 0.25) is 5.91 Å². The van der Waals surface area contributed by atoms with Crippen LogP contribution >= 0.6 is 0 Å². The summed E-state index contributed by atoms with van der Waals surface area (Å²) in [5.74, 6) is -0.624. The average Bonchev–Trinajstić information content (AvgIpc) is 2.67. The van der Waals surface area contributed by atoms with Crippen LogP contribution in [0.2, 0.25) is 0 Å². The summed E-state index contributed by atoms with van der Waals surface area (Å²) in [6.07, 6.45) is 0.405. The minimum absolute atomic E-state index is 0.134. The largest absolute Gasteiger partial charge is 0.417 e. The average molecular weight is 249 g/mol. The molecule has 0 fully saturated rings. The van der Waals surface area contributed by atoms with Crippen LogP contribution in [0.15, 0.2) is 27.4 Å². The zero-order valence-electron chi connectivity index (χ0n) is 10.3. The van der Waals surface area contributed by atoms with Crippen molar-refractivity contribution in [2.24, 2.45) is 5.73 Å². The van der Waals surface area contributed by atoms with Crippen molar-refractivity contribution in [3.63, 3.8) is 0 Å². The molecule has 18 heavy (non-hydrogen) atoms. The minimum atomic E-state index is -0.594. The van der Waals surface area contributed by atoms with Gasteiger partial charge in [-0.15, -0.1) is 0 Å². The third kappa shape index (κ3) is 2.43. The van der Waals surface area contributed by atoms with Crippen LogP contribution in [-0.2, 0) is 11.2 Å². The number of aromatic amines is 1. The maximum absolute atomic E-state index is 11.6. The molecule has 1 atom stereocenters. The first-order chi connectivity index (χ1) is 8.47.